The summed E-state index contributed by atoms with van der Waals surface area (Å²) in [6.45, 7) is 0. The molecular weight excluding hydrogens is 240 g/mol. The molecule has 0 unspecified atom stereocenters. The first-order valence-corrected chi connectivity index (χ1v) is 6.09. The van der Waals surface area contributed by atoms with E-state index in [4.69, 9.17) is 12.2 Å². The van der Waals surface area contributed by atoms with E-state index < -0.39 is 0 Å². The van der Waals surface area contributed by atoms with Crippen LogP contribution in [0.1, 0.15) is 11.1 Å². The number of hydrazine groups is 1. The number of nitrogens with one attached hydrogen (secondary N) is 2. The van der Waals surface area contributed by atoms with Gasteiger partial charge in [-0.05, 0) is 11.6 Å². The average Bonchev–Trinajstić information content (AvgIpc) is 2.45. The average molecular weight is 254 g/mol. The number of thiocarbonyl (C=S) groups is 1. The maximum atomic E-state index is 5.24. The predicted molar refractivity (Wildman–Crippen MR) is 79.9 cm³/mol. The molecule has 0 saturated carbocycles. The van der Waals surface area contributed by atoms with Gasteiger partial charge in [0.15, 0.2) is 0 Å². The Hall–Kier alpha value is -2.13. The summed E-state index contributed by atoms with van der Waals surface area (Å²) in [5.74, 6) is 0. The maximum absolute atomic E-state index is 5.24. The lowest BCUT2D eigenvalue weighted by Crippen LogP contribution is -2.32. The predicted octanol–water partition coefficient (Wildman–Crippen LogP) is 3.13. The second-order valence-electron chi connectivity index (χ2n) is 3.71. The second kappa shape index (κ2) is 6.57. The van der Waals surface area contributed by atoms with E-state index in [1.807, 2.05) is 72.9 Å². The monoisotopic (exact) mass is 254 g/mol. The SMILES string of the molecule is S=C(NNC=Cc1ccccc1)c1ccccc1. The van der Waals surface area contributed by atoms with Crippen LogP contribution in [0.4, 0.5) is 0 Å². The van der Waals surface area contributed by atoms with Gasteiger partial charge >= 0.3 is 0 Å². The molecular formula is C15H14N2S. The fourth-order valence-electron chi connectivity index (χ4n) is 1.47. The Kier molecular flexibility index (Phi) is 4.50. The maximum Gasteiger partial charge on any atom is 0.125 e. The lowest BCUT2D eigenvalue weighted by Gasteiger charge is -2.06. The minimum absolute atomic E-state index is 0.674. The van der Waals surface area contributed by atoms with Crippen LogP contribution in [0.25, 0.3) is 6.08 Å². The first-order valence-electron chi connectivity index (χ1n) is 5.69. The van der Waals surface area contributed by atoms with Crippen LogP contribution < -0.4 is 10.9 Å². The summed E-state index contributed by atoms with van der Waals surface area (Å²) >= 11 is 5.24. The molecule has 2 aromatic carbocycles. The van der Waals surface area contributed by atoms with Gasteiger partial charge < -0.3 is 5.43 Å². The van der Waals surface area contributed by atoms with E-state index >= 15 is 0 Å². The fraction of sp³-hybridized carbons (Fsp3) is 0. The summed E-state index contributed by atoms with van der Waals surface area (Å²) in [7, 11) is 0. The van der Waals surface area contributed by atoms with Crippen LogP contribution >= 0.6 is 12.2 Å². The summed E-state index contributed by atoms with van der Waals surface area (Å²) in [5.41, 5.74) is 8.05. The van der Waals surface area contributed by atoms with E-state index in [2.05, 4.69) is 10.9 Å². The van der Waals surface area contributed by atoms with Crippen molar-refractivity contribution in [2.75, 3.05) is 0 Å². The van der Waals surface area contributed by atoms with Crippen molar-refractivity contribution < 1.29 is 0 Å². The molecule has 0 saturated heterocycles. The van der Waals surface area contributed by atoms with Gasteiger partial charge in [0.2, 0.25) is 0 Å². The third-order valence-electron chi connectivity index (χ3n) is 2.38. The highest BCUT2D eigenvalue weighted by atomic mass is 32.1. The zero-order chi connectivity index (χ0) is 12.6. The van der Waals surface area contributed by atoms with Crippen LogP contribution in [-0.4, -0.2) is 4.99 Å². The highest BCUT2D eigenvalue weighted by molar-refractivity contribution is 7.80. The molecule has 0 aliphatic heterocycles. The summed E-state index contributed by atoms with van der Waals surface area (Å²) < 4.78 is 0. The molecule has 0 aliphatic rings. The molecule has 2 N–H and O–H groups in total. The first-order chi connectivity index (χ1) is 8.86. The molecule has 0 atom stereocenters. The van der Waals surface area contributed by atoms with Crippen molar-refractivity contribution in [1.82, 2.24) is 10.9 Å². The zero-order valence-corrected chi connectivity index (χ0v) is 10.7. The summed E-state index contributed by atoms with van der Waals surface area (Å²) in [4.78, 5) is 0.674. The Morgan fingerprint density at radius 3 is 2.17 bits per heavy atom. The number of benzene rings is 2. The van der Waals surface area contributed by atoms with Crippen LogP contribution in [0.3, 0.4) is 0 Å². The van der Waals surface area contributed by atoms with E-state index in [-0.39, 0.29) is 0 Å². The van der Waals surface area contributed by atoms with Gasteiger partial charge in [0.05, 0.1) is 0 Å². The molecule has 0 bridgehead atoms. The van der Waals surface area contributed by atoms with Crippen molar-refractivity contribution >= 4 is 23.3 Å². The van der Waals surface area contributed by atoms with E-state index in [1.165, 1.54) is 0 Å². The van der Waals surface area contributed by atoms with Gasteiger partial charge in [0, 0.05) is 11.8 Å². The Bertz CT molecular complexity index is 521. The zero-order valence-electron chi connectivity index (χ0n) is 9.84. The van der Waals surface area contributed by atoms with Gasteiger partial charge in [-0.2, -0.15) is 0 Å². The van der Waals surface area contributed by atoms with Crippen LogP contribution in [0.15, 0.2) is 66.9 Å². The lowest BCUT2D eigenvalue weighted by molar-refractivity contribution is 0.834. The Morgan fingerprint density at radius 1 is 0.889 bits per heavy atom. The third kappa shape index (κ3) is 3.71. The normalized spacial score (nSPS) is 10.2. The number of hydrogen-bond acceptors (Lipinski definition) is 2. The summed E-state index contributed by atoms with van der Waals surface area (Å²) in [6, 6.07) is 19.9. The molecule has 2 aromatic rings. The standard InChI is InChI=1S/C15H14N2S/c18-15(14-9-5-2-6-10-14)17-16-12-11-13-7-3-1-4-8-13/h1-12,16H,(H,17,18). The smallest absolute Gasteiger partial charge is 0.125 e. The molecule has 3 heteroatoms. The lowest BCUT2D eigenvalue weighted by atomic mass is 10.2. The summed E-state index contributed by atoms with van der Waals surface area (Å²) in [5, 5.41) is 0. The van der Waals surface area contributed by atoms with Crippen LogP contribution in [0, 0.1) is 0 Å². The van der Waals surface area contributed by atoms with Crippen LogP contribution in [0.2, 0.25) is 0 Å². The molecule has 0 heterocycles. The van der Waals surface area contributed by atoms with Crippen molar-refractivity contribution in [2.45, 2.75) is 0 Å². The minimum Gasteiger partial charge on any atom is -0.307 e. The van der Waals surface area contributed by atoms with Crippen LogP contribution in [-0.2, 0) is 0 Å². The minimum atomic E-state index is 0.674. The van der Waals surface area contributed by atoms with E-state index in [9.17, 15) is 0 Å². The van der Waals surface area contributed by atoms with Gasteiger partial charge in [0.1, 0.15) is 4.99 Å². The molecule has 0 fully saturated rings. The Balaban J connectivity index is 1.83. The molecule has 0 aromatic heterocycles. The highest BCUT2D eigenvalue weighted by Crippen LogP contribution is 2.00. The Labute approximate surface area is 112 Å². The number of rotatable bonds is 4. The van der Waals surface area contributed by atoms with Gasteiger partial charge in [-0.25, -0.2) is 0 Å². The van der Waals surface area contributed by atoms with Gasteiger partial charge in [-0.1, -0.05) is 72.9 Å². The third-order valence-corrected chi connectivity index (χ3v) is 2.72. The van der Waals surface area contributed by atoms with Crippen molar-refractivity contribution in [3.63, 3.8) is 0 Å². The van der Waals surface area contributed by atoms with E-state index in [1.54, 1.807) is 0 Å². The van der Waals surface area contributed by atoms with Gasteiger partial charge in [-0.15, -0.1) is 0 Å². The van der Waals surface area contributed by atoms with Crippen molar-refractivity contribution in [3.05, 3.63) is 78.0 Å². The molecule has 0 radical (unpaired) electrons. The first kappa shape index (κ1) is 12.3. The Morgan fingerprint density at radius 2 is 1.50 bits per heavy atom. The van der Waals surface area contributed by atoms with Crippen molar-refractivity contribution in [2.24, 2.45) is 0 Å². The van der Waals surface area contributed by atoms with E-state index in [0.29, 0.717) is 4.99 Å². The van der Waals surface area contributed by atoms with Gasteiger partial charge in [-0.3, -0.25) is 5.43 Å². The molecule has 90 valence electrons. The van der Waals surface area contributed by atoms with Crippen LogP contribution in [0.5, 0.6) is 0 Å². The molecule has 2 rings (SSSR count). The molecule has 0 spiro atoms. The van der Waals surface area contributed by atoms with Crippen molar-refractivity contribution in [1.29, 1.82) is 0 Å². The summed E-state index contributed by atoms with van der Waals surface area (Å²) in [6.07, 6.45) is 3.80. The molecule has 18 heavy (non-hydrogen) atoms. The van der Waals surface area contributed by atoms with E-state index in [0.717, 1.165) is 11.1 Å². The van der Waals surface area contributed by atoms with Gasteiger partial charge in [0.25, 0.3) is 0 Å². The second-order valence-corrected chi connectivity index (χ2v) is 4.12. The quantitative estimate of drug-likeness (QED) is 0.647. The fourth-order valence-corrected chi connectivity index (χ4v) is 1.67. The van der Waals surface area contributed by atoms with Crippen molar-refractivity contribution in [3.8, 4) is 0 Å². The highest BCUT2D eigenvalue weighted by Gasteiger charge is 1.96. The molecule has 0 amide bonds. The molecule has 0 aliphatic carbocycles. The largest absolute Gasteiger partial charge is 0.307 e. The topological polar surface area (TPSA) is 24.1 Å². The number of hydrogen-bond donors (Lipinski definition) is 2. The molecule has 2 nitrogen and oxygen atoms in total.